The Labute approximate surface area is 101 Å². The first-order chi connectivity index (χ1) is 8.19. The second-order valence-corrected chi connectivity index (χ2v) is 4.21. The quantitative estimate of drug-likeness (QED) is 0.853. The smallest absolute Gasteiger partial charge is 0.223 e. The highest BCUT2D eigenvalue weighted by atomic mass is 32.2. The lowest BCUT2D eigenvalue weighted by Gasteiger charge is -2.04. The lowest BCUT2D eigenvalue weighted by Crippen LogP contribution is -1.96. The van der Waals surface area contributed by atoms with E-state index in [0.29, 0.717) is 11.0 Å². The molecule has 0 bridgehead atoms. The van der Waals surface area contributed by atoms with E-state index in [-0.39, 0.29) is 4.90 Å². The molecule has 0 saturated heterocycles. The van der Waals surface area contributed by atoms with Gasteiger partial charge in [0.05, 0.1) is 4.90 Å². The molecule has 0 spiro atoms. The molecule has 0 fully saturated rings. The van der Waals surface area contributed by atoms with Crippen LogP contribution in [0.3, 0.4) is 0 Å². The second kappa shape index (κ2) is 5.09. The van der Waals surface area contributed by atoms with E-state index >= 15 is 0 Å². The van der Waals surface area contributed by atoms with Crippen molar-refractivity contribution in [3.05, 3.63) is 42.1 Å². The molecule has 0 unspecified atom stereocenters. The zero-order valence-electron chi connectivity index (χ0n) is 8.95. The minimum Gasteiger partial charge on any atom is -0.357 e. The third-order valence-electron chi connectivity index (χ3n) is 1.96. The van der Waals surface area contributed by atoms with Crippen molar-refractivity contribution in [1.29, 1.82) is 0 Å². The summed E-state index contributed by atoms with van der Waals surface area (Å²) in [7, 11) is 1.69. The van der Waals surface area contributed by atoms with Gasteiger partial charge in [-0.1, -0.05) is 11.8 Å². The Balaban J connectivity index is 2.27. The van der Waals surface area contributed by atoms with Crippen LogP contribution in [0.2, 0.25) is 0 Å². The lowest BCUT2D eigenvalue weighted by molar-refractivity contribution is 0.577. The van der Waals surface area contributed by atoms with Crippen LogP contribution >= 0.6 is 11.8 Å². The number of anilines is 1. The number of nitrogens with one attached hydrogen (secondary N) is 1. The van der Waals surface area contributed by atoms with Crippen LogP contribution in [-0.2, 0) is 0 Å². The fourth-order valence-corrected chi connectivity index (χ4v) is 2.01. The Hall–Kier alpha value is -1.69. The first-order valence-electron chi connectivity index (χ1n) is 4.83. The van der Waals surface area contributed by atoms with Gasteiger partial charge in [0.2, 0.25) is 5.95 Å². The molecule has 0 saturated carbocycles. The van der Waals surface area contributed by atoms with E-state index in [0.717, 1.165) is 30.0 Å². The van der Waals surface area contributed by atoms with Crippen LogP contribution in [0.1, 0.15) is 0 Å². The highest BCUT2D eigenvalue weighted by molar-refractivity contribution is 7.99. The minimum absolute atomic E-state index is 0.200. The molecule has 88 valence electrons. The third kappa shape index (κ3) is 2.91. The van der Waals surface area contributed by atoms with Crippen molar-refractivity contribution in [1.82, 2.24) is 9.97 Å². The standard InChI is InChI=1S/C11H9F2N3S/c1-14-11-15-5-4-10(16-11)17-9-6-7(12)2-3-8(9)13/h2-6H,1H3,(H,14,15,16). The molecule has 1 aromatic carbocycles. The Morgan fingerprint density at radius 3 is 2.82 bits per heavy atom. The molecule has 1 N–H and O–H groups in total. The Morgan fingerprint density at radius 2 is 2.06 bits per heavy atom. The maximum Gasteiger partial charge on any atom is 0.223 e. The van der Waals surface area contributed by atoms with Crippen LogP contribution in [0.25, 0.3) is 0 Å². The number of hydrogen-bond donors (Lipinski definition) is 1. The second-order valence-electron chi connectivity index (χ2n) is 3.15. The summed E-state index contributed by atoms with van der Waals surface area (Å²) in [5.74, 6) is -0.510. The molecule has 0 amide bonds. The number of aromatic nitrogens is 2. The van der Waals surface area contributed by atoms with Gasteiger partial charge in [0.25, 0.3) is 0 Å². The van der Waals surface area contributed by atoms with Crippen LogP contribution in [0.4, 0.5) is 14.7 Å². The molecule has 0 aliphatic heterocycles. The number of rotatable bonds is 3. The minimum atomic E-state index is -0.475. The maximum absolute atomic E-state index is 13.4. The topological polar surface area (TPSA) is 37.8 Å². The largest absolute Gasteiger partial charge is 0.357 e. The number of nitrogens with zero attached hydrogens (tertiary/aromatic N) is 2. The van der Waals surface area contributed by atoms with Gasteiger partial charge in [0.1, 0.15) is 16.7 Å². The predicted molar refractivity (Wildman–Crippen MR) is 62.1 cm³/mol. The summed E-state index contributed by atoms with van der Waals surface area (Å²) in [4.78, 5) is 8.24. The normalized spacial score (nSPS) is 10.3. The first-order valence-corrected chi connectivity index (χ1v) is 5.64. The fraction of sp³-hybridized carbons (Fsp3) is 0.0909. The van der Waals surface area contributed by atoms with E-state index in [4.69, 9.17) is 0 Å². The summed E-state index contributed by atoms with van der Waals surface area (Å²) >= 11 is 1.05. The van der Waals surface area contributed by atoms with Gasteiger partial charge in [-0.3, -0.25) is 0 Å². The average Bonchev–Trinajstić information content (AvgIpc) is 2.34. The summed E-state index contributed by atoms with van der Waals surface area (Å²) in [6.45, 7) is 0. The van der Waals surface area contributed by atoms with Gasteiger partial charge in [0, 0.05) is 13.2 Å². The number of benzene rings is 1. The predicted octanol–water partition coefficient (Wildman–Crippen LogP) is 2.95. The van der Waals surface area contributed by atoms with Gasteiger partial charge in [-0.05, 0) is 24.3 Å². The van der Waals surface area contributed by atoms with E-state index < -0.39 is 11.6 Å². The Kier molecular flexibility index (Phi) is 3.53. The van der Waals surface area contributed by atoms with E-state index in [2.05, 4.69) is 15.3 Å². The van der Waals surface area contributed by atoms with Crippen molar-refractivity contribution >= 4 is 17.7 Å². The molecule has 2 aromatic rings. The molecule has 0 aliphatic rings. The van der Waals surface area contributed by atoms with Crippen molar-refractivity contribution in [2.75, 3.05) is 12.4 Å². The summed E-state index contributed by atoms with van der Waals surface area (Å²) < 4.78 is 26.4. The summed E-state index contributed by atoms with van der Waals surface area (Å²) in [6.07, 6.45) is 1.55. The lowest BCUT2D eigenvalue weighted by atomic mass is 10.3. The average molecular weight is 253 g/mol. The van der Waals surface area contributed by atoms with Crippen molar-refractivity contribution in [2.45, 2.75) is 9.92 Å². The molecular formula is C11H9F2N3S. The fourth-order valence-electron chi connectivity index (χ4n) is 1.19. The molecule has 0 radical (unpaired) electrons. The molecule has 0 atom stereocenters. The SMILES string of the molecule is CNc1nccc(Sc2cc(F)ccc2F)n1. The third-order valence-corrected chi connectivity index (χ3v) is 2.93. The van der Waals surface area contributed by atoms with Crippen LogP contribution in [0, 0.1) is 11.6 Å². The Bertz CT molecular complexity index is 534. The molecule has 3 nitrogen and oxygen atoms in total. The van der Waals surface area contributed by atoms with Crippen LogP contribution in [0.5, 0.6) is 0 Å². The molecule has 0 aliphatic carbocycles. The summed E-state index contributed by atoms with van der Waals surface area (Å²) in [5.41, 5.74) is 0. The zero-order chi connectivity index (χ0) is 12.3. The van der Waals surface area contributed by atoms with Gasteiger partial charge >= 0.3 is 0 Å². The van der Waals surface area contributed by atoms with Crippen molar-refractivity contribution < 1.29 is 8.78 Å². The molecule has 17 heavy (non-hydrogen) atoms. The monoisotopic (exact) mass is 253 g/mol. The summed E-state index contributed by atoms with van der Waals surface area (Å²) in [6, 6.07) is 4.95. The maximum atomic E-state index is 13.4. The van der Waals surface area contributed by atoms with Gasteiger partial charge in [-0.25, -0.2) is 18.7 Å². The van der Waals surface area contributed by atoms with Crippen molar-refractivity contribution in [3.8, 4) is 0 Å². The molecule has 2 rings (SSSR count). The van der Waals surface area contributed by atoms with E-state index in [1.807, 2.05) is 0 Å². The number of hydrogen-bond acceptors (Lipinski definition) is 4. The van der Waals surface area contributed by atoms with E-state index in [1.165, 1.54) is 0 Å². The van der Waals surface area contributed by atoms with Gasteiger partial charge < -0.3 is 5.32 Å². The van der Waals surface area contributed by atoms with Crippen LogP contribution in [-0.4, -0.2) is 17.0 Å². The van der Waals surface area contributed by atoms with Crippen LogP contribution < -0.4 is 5.32 Å². The Morgan fingerprint density at radius 1 is 1.24 bits per heavy atom. The van der Waals surface area contributed by atoms with Crippen molar-refractivity contribution in [3.63, 3.8) is 0 Å². The van der Waals surface area contributed by atoms with Gasteiger partial charge in [0.15, 0.2) is 0 Å². The van der Waals surface area contributed by atoms with Crippen molar-refractivity contribution in [2.24, 2.45) is 0 Å². The molecular weight excluding hydrogens is 244 g/mol. The summed E-state index contributed by atoms with van der Waals surface area (Å²) in [5, 5.41) is 3.33. The van der Waals surface area contributed by atoms with Crippen LogP contribution in [0.15, 0.2) is 40.4 Å². The van der Waals surface area contributed by atoms with Gasteiger partial charge in [-0.2, -0.15) is 0 Å². The molecule has 6 heteroatoms. The number of halogens is 2. The van der Waals surface area contributed by atoms with E-state index in [1.54, 1.807) is 19.3 Å². The highest BCUT2D eigenvalue weighted by Crippen LogP contribution is 2.29. The molecule has 1 aromatic heterocycles. The van der Waals surface area contributed by atoms with Gasteiger partial charge in [-0.15, -0.1) is 0 Å². The highest BCUT2D eigenvalue weighted by Gasteiger charge is 2.07. The zero-order valence-corrected chi connectivity index (χ0v) is 9.76. The molecule has 1 heterocycles. The first kappa shape index (κ1) is 11.8. The van der Waals surface area contributed by atoms with E-state index in [9.17, 15) is 8.78 Å².